The van der Waals surface area contributed by atoms with Crippen LogP contribution < -0.4 is 0 Å². The van der Waals surface area contributed by atoms with Gasteiger partial charge in [0.2, 0.25) is 0 Å². The van der Waals surface area contributed by atoms with E-state index in [0.717, 1.165) is 35.7 Å². The zero-order chi connectivity index (χ0) is 11.6. The smallest absolute Gasteiger partial charge is 0.124 e. The van der Waals surface area contributed by atoms with E-state index in [-0.39, 0.29) is 5.82 Å². The Kier molecular flexibility index (Phi) is 3.65. The van der Waals surface area contributed by atoms with Crippen molar-refractivity contribution in [2.45, 2.75) is 44.1 Å². The fourth-order valence-corrected chi connectivity index (χ4v) is 2.99. The molecule has 0 atom stereocenters. The van der Waals surface area contributed by atoms with Gasteiger partial charge in [-0.2, -0.15) is 0 Å². The van der Waals surface area contributed by atoms with Crippen LogP contribution in [0, 0.1) is 5.82 Å². The highest BCUT2D eigenvalue weighted by molar-refractivity contribution is 9.10. The third-order valence-corrected chi connectivity index (χ3v) is 3.70. The van der Waals surface area contributed by atoms with E-state index in [0.29, 0.717) is 6.42 Å². The Morgan fingerprint density at radius 3 is 2.50 bits per heavy atom. The Bertz CT molecular complexity index is 352. The van der Waals surface area contributed by atoms with E-state index in [2.05, 4.69) is 15.9 Å². The molecule has 2 rings (SSSR count). The van der Waals surface area contributed by atoms with Crippen molar-refractivity contribution in [1.29, 1.82) is 0 Å². The van der Waals surface area contributed by atoms with Gasteiger partial charge in [0.25, 0.3) is 0 Å². The van der Waals surface area contributed by atoms with Crippen molar-refractivity contribution in [3.8, 4) is 0 Å². The quantitative estimate of drug-likeness (QED) is 0.876. The van der Waals surface area contributed by atoms with Crippen LogP contribution in [-0.2, 0) is 6.42 Å². The number of hydrogen-bond donors (Lipinski definition) is 1. The van der Waals surface area contributed by atoms with Gasteiger partial charge in [0, 0.05) is 10.9 Å². The van der Waals surface area contributed by atoms with Crippen LogP contribution in [0.2, 0.25) is 0 Å². The van der Waals surface area contributed by atoms with Crippen LogP contribution in [0.15, 0.2) is 22.7 Å². The largest absolute Gasteiger partial charge is 0.390 e. The number of hydrogen-bond acceptors (Lipinski definition) is 1. The standard InChI is InChI=1S/C13H16BrFO/c14-11-6-10(7-12(15)8-11)9-13(16)4-2-1-3-5-13/h6-8,16H,1-5,9H2. The highest BCUT2D eigenvalue weighted by Crippen LogP contribution is 2.31. The zero-order valence-electron chi connectivity index (χ0n) is 9.18. The molecule has 1 fully saturated rings. The lowest BCUT2D eigenvalue weighted by Crippen LogP contribution is -2.33. The first kappa shape index (κ1) is 12.1. The Morgan fingerprint density at radius 1 is 1.19 bits per heavy atom. The second-order valence-electron chi connectivity index (χ2n) is 4.74. The van der Waals surface area contributed by atoms with Crippen molar-refractivity contribution in [3.05, 3.63) is 34.1 Å². The molecule has 1 aliphatic rings. The first-order valence-electron chi connectivity index (χ1n) is 5.75. The highest BCUT2D eigenvalue weighted by Gasteiger charge is 2.29. The first-order valence-corrected chi connectivity index (χ1v) is 6.54. The van der Waals surface area contributed by atoms with Gasteiger partial charge in [-0.1, -0.05) is 35.2 Å². The molecule has 0 amide bonds. The van der Waals surface area contributed by atoms with Gasteiger partial charge < -0.3 is 5.11 Å². The lowest BCUT2D eigenvalue weighted by Gasteiger charge is -2.32. The molecule has 16 heavy (non-hydrogen) atoms. The molecule has 1 N–H and O–H groups in total. The molecule has 1 aliphatic carbocycles. The van der Waals surface area contributed by atoms with E-state index in [1.165, 1.54) is 18.6 Å². The van der Waals surface area contributed by atoms with Crippen LogP contribution in [0.5, 0.6) is 0 Å². The van der Waals surface area contributed by atoms with Gasteiger partial charge in [0.15, 0.2) is 0 Å². The van der Waals surface area contributed by atoms with Crippen molar-refractivity contribution in [2.24, 2.45) is 0 Å². The van der Waals surface area contributed by atoms with E-state index in [4.69, 9.17) is 0 Å². The van der Waals surface area contributed by atoms with Gasteiger partial charge in [-0.05, 0) is 36.6 Å². The lowest BCUT2D eigenvalue weighted by molar-refractivity contribution is 0.00444. The second-order valence-corrected chi connectivity index (χ2v) is 5.66. The van der Waals surface area contributed by atoms with Gasteiger partial charge in [-0.25, -0.2) is 4.39 Å². The third kappa shape index (κ3) is 3.05. The average Bonchev–Trinajstić information content (AvgIpc) is 2.15. The maximum atomic E-state index is 13.2. The molecule has 3 heteroatoms. The minimum absolute atomic E-state index is 0.246. The molecule has 1 aromatic rings. The minimum atomic E-state index is -0.620. The molecule has 88 valence electrons. The monoisotopic (exact) mass is 286 g/mol. The van der Waals surface area contributed by atoms with Gasteiger partial charge in [-0.3, -0.25) is 0 Å². The summed E-state index contributed by atoms with van der Waals surface area (Å²) in [5, 5.41) is 10.4. The maximum absolute atomic E-state index is 13.2. The third-order valence-electron chi connectivity index (χ3n) is 3.24. The second kappa shape index (κ2) is 4.84. The van der Waals surface area contributed by atoms with Crippen LogP contribution in [0.3, 0.4) is 0 Å². The fraction of sp³-hybridized carbons (Fsp3) is 0.538. The summed E-state index contributed by atoms with van der Waals surface area (Å²) in [5.41, 5.74) is 0.252. The SMILES string of the molecule is OC1(Cc2cc(F)cc(Br)c2)CCCCC1. The van der Waals surface area contributed by atoms with Crippen molar-refractivity contribution < 1.29 is 9.50 Å². The normalized spacial score (nSPS) is 19.7. The number of benzene rings is 1. The highest BCUT2D eigenvalue weighted by atomic mass is 79.9. The van der Waals surface area contributed by atoms with Crippen molar-refractivity contribution >= 4 is 15.9 Å². The van der Waals surface area contributed by atoms with E-state index in [9.17, 15) is 9.50 Å². The molecule has 0 aliphatic heterocycles. The van der Waals surface area contributed by atoms with Gasteiger partial charge in [-0.15, -0.1) is 0 Å². The molecule has 0 unspecified atom stereocenters. The topological polar surface area (TPSA) is 20.2 Å². The minimum Gasteiger partial charge on any atom is -0.390 e. The van der Waals surface area contributed by atoms with Gasteiger partial charge in [0.05, 0.1) is 5.60 Å². The molecular formula is C13H16BrFO. The molecule has 0 heterocycles. The average molecular weight is 287 g/mol. The van der Waals surface area contributed by atoms with Crippen LogP contribution in [0.4, 0.5) is 4.39 Å². The van der Waals surface area contributed by atoms with Crippen molar-refractivity contribution in [1.82, 2.24) is 0 Å². The molecule has 0 spiro atoms. The molecular weight excluding hydrogens is 271 g/mol. The fourth-order valence-electron chi connectivity index (χ4n) is 2.48. The summed E-state index contributed by atoms with van der Waals surface area (Å²) in [6.07, 6.45) is 5.58. The van der Waals surface area contributed by atoms with Crippen LogP contribution in [0.25, 0.3) is 0 Å². The molecule has 1 saturated carbocycles. The van der Waals surface area contributed by atoms with Crippen LogP contribution >= 0.6 is 15.9 Å². The molecule has 0 saturated heterocycles. The summed E-state index contributed by atoms with van der Waals surface area (Å²) < 4.78 is 13.9. The molecule has 0 radical (unpaired) electrons. The number of aliphatic hydroxyl groups is 1. The first-order chi connectivity index (χ1) is 7.57. The summed E-state index contributed by atoms with van der Waals surface area (Å²) >= 11 is 3.27. The van der Waals surface area contributed by atoms with Crippen molar-refractivity contribution in [3.63, 3.8) is 0 Å². The Balaban J connectivity index is 2.13. The summed E-state index contributed by atoms with van der Waals surface area (Å²) in [6.45, 7) is 0. The summed E-state index contributed by atoms with van der Waals surface area (Å²) in [4.78, 5) is 0. The summed E-state index contributed by atoms with van der Waals surface area (Å²) in [5.74, 6) is -0.246. The van der Waals surface area contributed by atoms with E-state index in [1.54, 1.807) is 0 Å². The molecule has 0 bridgehead atoms. The Morgan fingerprint density at radius 2 is 1.88 bits per heavy atom. The Labute approximate surface area is 104 Å². The van der Waals surface area contributed by atoms with Crippen LogP contribution in [-0.4, -0.2) is 10.7 Å². The van der Waals surface area contributed by atoms with E-state index < -0.39 is 5.60 Å². The van der Waals surface area contributed by atoms with Crippen molar-refractivity contribution in [2.75, 3.05) is 0 Å². The number of rotatable bonds is 2. The zero-order valence-corrected chi connectivity index (χ0v) is 10.8. The molecule has 0 aromatic heterocycles. The van der Waals surface area contributed by atoms with Gasteiger partial charge in [0.1, 0.15) is 5.82 Å². The predicted molar refractivity (Wildman–Crippen MR) is 65.8 cm³/mol. The van der Waals surface area contributed by atoms with Crippen LogP contribution in [0.1, 0.15) is 37.7 Å². The predicted octanol–water partition coefficient (Wildman–Crippen LogP) is 3.83. The lowest BCUT2D eigenvalue weighted by atomic mass is 9.80. The van der Waals surface area contributed by atoms with E-state index >= 15 is 0 Å². The summed E-state index contributed by atoms with van der Waals surface area (Å²) in [7, 11) is 0. The molecule has 1 nitrogen and oxygen atoms in total. The maximum Gasteiger partial charge on any atom is 0.124 e. The van der Waals surface area contributed by atoms with Gasteiger partial charge >= 0.3 is 0 Å². The molecule has 1 aromatic carbocycles. The summed E-state index contributed by atoms with van der Waals surface area (Å²) in [6, 6.07) is 4.83. The number of halogens is 2. The Hall–Kier alpha value is -0.410. The van der Waals surface area contributed by atoms with E-state index in [1.807, 2.05) is 6.07 Å².